The molecule has 13 heavy (non-hydrogen) atoms. The summed E-state index contributed by atoms with van der Waals surface area (Å²) in [6.07, 6.45) is 3.84. The molecule has 1 aliphatic carbocycles. The Morgan fingerprint density at radius 3 is 3.08 bits per heavy atom. The summed E-state index contributed by atoms with van der Waals surface area (Å²) in [7, 11) is 0. The van der Waals surface area contributed by atoms with Gasteiger partial charge in [0.1, 0.15) is 11.6 Å². The van der Waals surface area contributed by atoms with Crippen molar-refractivity contribution in [1.29, 1.82) is 0 Å². The Balaban J connectivity index is 2.20. The molecule has 0 radical (unpaired) electrons. The van der Waals surface area contributed by atoms with E-state index < -0.39 is 0 Å². The van der Waals surface area contributed by atoms with Gasteiger partial charge < -0.3 is 10.1 Å². The fourth-order valence-electron chi connectivity index (χ4n) is 1.46. The lowest BCUT2D eigenvalue weighted by Crippen LogP contribution is -1.79. The van der Waals surface area contributed by atoms with Crippen molar-refractivity contribution in [2.45, 2.75) is 18.8 Å². The molecule has 2 N–H and O–H groups in total. The van der Waals surface area contributed by atoms with E-state index in [-0.39, 0.29) is 5.75 Å². The summed E-state index contributed by atoms with van der Waals surface area (Å²) in [5, 5.41) is 9.18. The zero-order chi connectivity index (χ0) is 8.84. The van der Waals surface area contributed by atoms with E-state index in [4.69, 9.17) is 0 Å². The van der Waals surface area contributed by atoms with Gasteiger partial charge in [0.2, 0.25) is 0 Å². The highest BCUT2D eigenvalue weighted by Gasteiger charge is 2.26. The van der Waals surface area contributed by atoms with Crippen LogP contribution in [0.3, 0.4) is 0 Å². The Kier molecular flexibility index (Phi) is 1.17. The molecule has 3 rings (SSSR count). The van der Waals surface area contributed by atoms with Gasteiger partial charge in [-0.2, -0.15) is 0 Å². The van der Waals surface area contributed by atoms with E-state index in [0.717, 1.165) is 11.3 Å². The molecular weight excluding hydrogens is 166 g/mol. The number of hydrogen-bond donors (Lipinski definition) is 2. The maximum atomic E-state index is 9.18. The number of fused-ring (bicyclic) bond motifs is 1. The Morgan fingerprint density at radius 2 is 2.31 bits per heavy atom. The number of pyridine rings is 1. The minimum absolute atomic E-state index is 0.179. The van der Waals surface area contributed by atoms with Crippen molar-refractivity contribution in [3.63, 3.8) is 0 Å². The first-order chi connectivity index (χ1) is 6.33. The number of rotatable bonds is 1. The van der Waals surface area contributed by atoms with E-state index in [2.05, 4.69) is 15.0 Å². The van der Waals surface area contributed by atoms with Crippen molar-refractivity contribution in [3.05, 3.63) is 18.1 Å². The van der Waals surface area contributed by atoms with Crippen LogP contribution in [0.15, 0.2) is 12.3 Å². The van der Waals surface area contributed by atoms with Gasteiger partial charge in [-0.15, -0.1) is 0 Å². The van der Waals surface area contributed by atoms with Crippen LogP contribution in [-0.2, 0) is 0 Å². The Labute approximate surface area is 74.6 Å². The van der Waals surface area contributed by atoms with Gasteiger partial charge >= 0.3 is 0 Å². The molecule has 1 saturated carbocycles. The average Bonchev–Trinajstić information content (AvgIpc) is 2.87. The second-order valence-corrected chi connectivity index (χ2v) is 3.46. The minimum atomic E-state index is 0.179. The second-order valence-electron chi connectivity index (χ2n) is 3.46. The summed E-state index contributed by atoms with van der Waals surface area (Å²) in [6, 6.07) is 1.65. The molecular formula is C9H9N3O. The van der Waals surface area contributed by atoms with Crippen LogP contribution in [0, 0.1) is 0 Å². The molecule has 4 nitrogen and oxygen atoms in total. The maximum Gasteiger partial charge on any atom is 0.177 e. The summed E-state index contributed by atoms with van der Waals surface area (Å²) < 4.78 is 0. The van der Waals surface area contributed by atoms with Crippen LogP contribution in [0.2, 0.25) is 0 Å². The third kappa shape index (κ3) is 1.06. The summed E-state index contributed by atoms with van der Waals surface area (Å²) in [6.45, 7) is 0. The summed E-state index contributed by atoms with van der Waals surface area (Å²) in [4.78, 5) is 11.5. The quantitative estimate of drug-likeness (QED) is 0.691. The third-order valence-electron chi connectivity index (χ3n) is 2.31. The number of aromatic hydroxyl groups is 1. The van der Waals surface area contributed by atoms with E-state index >= 15 is 0 Å². The highest BCUT2D eigenvalue weighted by atomic mass is 16.3. The molecule has 0 unspecified atom stereocenters. The average molecular weight is 175 g/mol. The van der Waals surface area contributed by atoms with E-state index in [1.165, 1.54) is 19.0 Å². The standard InChI is InChI=1S/C9H9N3O/c13-6-3-7-9(10-4-6)12-8(11-7)5-1-2-5/h3-5,13H,1-2H2,(H,10,11,12). The monoisotopic (exact) mass is 175 g/mol. The molecule has 2 heterocycles. The number of imidazole rings is 1. The molecule has 0 spiro atoms. The van der Waals surface area contributed by atoms with Gasteiger partial charge in [-0.3, -0.25) is 0 Å². The normalized spacial score (nSPS) is 16.6. The van der Waals surface area contributed by atoms with E-state index in [1.807, 2.05) is 0 Å². The Bertz CT molecular complexity index is 459. The summed E-state index contributed by atoms with van der Waals surface area (Å²) in [5.41, 5.74) is 1.52. The van der Waals surface area contributed by atoms with Crippen molar-refractivity contribution in [1.82, 2.24) is 15.0 Å². The number of aromatic amines is 1. The topological polar surface area (TPSA) is 61.8 Å². The highest BCUT2D eigenvalue weighted by Crippen LogP contribution is 2.38. The van der Waals surface area contributed by atoms with Crippen LogP contribution in [0.4, 0.5) is 0 Å². The largest absolute Gasteiger partial charge is 0.506 e. The lowest BCUT2D eigenvalue weighted by Gasteiger charge is -1.87. The van der Waals surface area contributed by atoms with E-state index in [9.17, 15) is 5.11 Å². The lowest BCUT2D eigenvalue weighted by atomic mass is 10.4. The molecule has 0 amide bonds. The number of nitrogens with zero attached hydrogens (tertiary/aromatic N) is 2. The highest BCUT2D eigenvalue weighted by molar-refractivity contribution is 5.72. The Morgan fingerprint density at radius 1 is 1.46 bits per heavy atom. The smallest absolute Gasteiger partial charge is 0.177 e. The molecule has 2 aromatic heterocycles. The fourth-order valence-corrected chi connectivity index (χ4v) is 1.46. The van der Waals surface area contributed by atoms with E-state index in [1.54, 1.807) is 6.07 Å². The number of H-pyrrole nitrogens is 1. The van der Waals surface area contributed by atoms with E-state index in [0.29, 0.717) is 11.6 Å². The molecule has 0 aliphatic heterocycles. The van der Waals surface area contributed by atoms with Crippen molar-refractivity contribution < 1.29 is 5.11 Å². The minimum Gasteiger partial charge on any atom is -0.506 e. The second kappa shape index (κ2) is 2.22. The number of hydrogen-bond acceptors (Lipinski definition) is 3. The maximum absolute atomic E-state index is 9.18. The molecule has 2 aromatic rings. The molecule has 0 saturated heterocycles. The first-order valence-electron chi connectivity index (χ1n) is 4.37. The van der Waals surface area contributed by atoms with Gasteiger partial charge in [-0.1, -0.05) is 0 Å². The number of nitrogens with one attached hydrogen (secondary N) is 1. The van der Waals surface area contributed by atoms with Crippen molar-refractivity contribution in [2.24, 2.45) is 0 Å². The summed E-state index contributed by atoms with van der Waals surface area (Å²) >= 11 is 0. The van der Waals surface area contributed by atoms with Crippen LogP contribution in [0.1, 0.15) is 24.6 Å². The molecule has 66 valence electrons. The SMILES string of the molecule is Oc1cnc2nc(C3CC3)[nH]c2c1. The van der Waals surface area contributed by atoms with Crippen molar-refractivity contribution in [3.8, 4) is 5.75 Å². The molecule has 0 atom stereocenters. The summed E-state index contributed by atoms with van der Waals surface area (Å²) in [5.74, 6) is 1.78. The van der Waals surface area contributed by atoms with Gasteiger partial charge in [0.15, 0.2) is 5.65 Å². The first-order valence-corrected chi connectivity index (χ1v) is 4.37. The Hall–Kier alpha value is -1.58. The predicted octanol–water partition coefficient (Wildman–Crippen LogP) is 1.54. The molecule has 0 aromatic carbocycles. The van der Waals surface area contributed by atoms with Crippen molar-refractivity contribution >= 4 is 11.2 Å². The van der Waals surface area contributed by atoms with Crippen LogP contribution < -0.4 is 0 Å². The van der Waals surface area contributed by atoms with Gasteiger partial charge in [0.25, 0.3) is 0 Å². The lowest BCUT2D eigenvalue weighted by molar-refractivity contribution is 0.473. The van der Waals surface area contributed by atoms with Gasteiger partial charge in [0.05, 0.1) is 11.7 Å². The van der Waals surface area contributed by atoms with Crippen LogP contribution in [0.5, 0.6) is 5.75 Å². The zero-order valence-electron chi connectivity index (χ0n) is 6.99. The van der Waals surface area contributed by atoms with Crippen LogP contribution >= 0.6 is 0 Å². The molecule has 1 fully saturated rings. The first kappa shape index (κ1) is 6.88. The van der Waals surface area contributed by atoms with Gasteiger partial charge in [-0.05, 0) is 12.8 Å². The predicted molar refractivity (Wildman–Crippen MR) is 47.5 cm³/mol. The van der Waals surface area contributed by atoms with Crippen LogP contribution in [-0.4, -0.2) is 20.1 Å². The van der Waals surface area contributed by atoms with Gasteiger partial charge in [-0.25, -0.2) is 9.97 Å². The number of aromatic nitrogens is 3. The third-order valence-corrected chi connectivity index (χ3v) is 2.31. The van der Waals surface area contributed by atoms with Gasteiger partial charge in [0, 0.05) is 12.0 Å². The molecule has 0 bridgehead atoms. The van der Waals surface area contributed by atoms with Crippen LogP contribution in [0.25, 0.3) is 11.2 Å². The zero-order valence-corrected chi connectivity index (χ0v) is 6.99. The molecule has 4 heteroatoms. The molecule has 1 aliphatic rings. The van der Waals surface area contributed by atoms with Crippen molar-refractivity contribution in [2.75, 3.05) is 0 Å². The fraction of sp³-hybridized carbons (Fsp3) is 0.333.